The van der Waals surface area contributed by atoms with Crippen LogP contribution in [0.3, 0.4) is 0 Å². The molecule has 0 heterocycles. The third kappa shape index (κ3) is 59.1. The van der Waals surface area contributed by atoms with E-state index in [0.29, 0.717) is 0 Å². The molecule has 3 heteroatoms. The van der Waals surface area contributed by atoms with Crippen molar-refractivity contribution in [2.75, 3.05) is 0 Å². The van der Waals surface area contributed by atoms with E-state index in [0.717, 1.165) is 0 Å². The van der Waals surface area contributed by atoms with Gasteiger partial charge in [-0.2, -0.15) is 0 Å². The normalized spacial score (nSPS) is 0. The molecule has 0 spiro atoms. The molecule has 0 atom stereocenters. The molecule has 0 rings (SSSR count). The van der Waals surface area contributed by atoms with E-state index in [2.05, 4.69) is 0 Å². The van der Waals surface area contributed by atoms with Gasteiger partial charge in [-0.1, -0.05) is 7.43 Å². The van der Waals surface area contributed by atoms with Gasteiger partial charge in [-0.15, -0.1) is 0 Å². The van der Waals surface area contributed by atoms with Crippen LogP contribution in [-0.4, -0.2) is 24.9 Å². The van der Waals surface area contributed by atoms with Gasteiger partial charge < -0.3 is 5.48 Å². The van der Waals surface area contributed by atoms with Gasteiger partial charge in [0.1, 0.15) is 0 Å². The summed E-state index contributed by atoms with van der Waals surface area (Å²) in [6, 6.07) is 0. The molecule has 0 aromatic heterocycles. The van der Waals surface area contributed by atoms with Gasteiger partial charge >= 0.3 is 0 Å². The van der Waals surface area contributed by atoms with Crippen molar-refractivity contribution in [3.05, 3.63) is 0 Å². The summed E-state index contributed by atoms with van der Waals surface area (Å²) in [5.74, 6) is 0. The minimum absolute atomic E-state index is 0. The maximum atomic E-state index is 0. The van der Waals surface area contributed by atoms with Crippen LogP contribution in [0.1, 0.15) is 7.43 Å². The lowest BCUT2D eigenvalue weighted by molar-refractivity contribution is 0.824. The molecule has 0 aromatic rings. The Hall–Kier alpha value is 0.242. The lowest BCUT2D eigenvalue weighted by atomic mass is 10.8. The first-order valence-electron chi connectivity index (χ1n) is 0. The highest BCUT2D eigenvalue weighted by Crippen LogP contribution is 0.144. The van der Waals surface area contributed by atoms with Crippen LogP contribution < -0.4 is 0 Å². The van der Waals surface area contributed by atoms with Crippen LogP contribution in [-0.2, 0) is 0 Å². The van der Waals surface area contributed by atoms with Crippen molar-refractivity contribution in [3.8, 4) is 0 Å². The lowest BCUT2D eigenvalue weighted by Crippen LogP contribution is -0.382. The highest BCUT2D eigenvalue weighted by atomic mass is 28.1. The highest BCUT2D eigenvalue weighted by Gasteiger charge is 0.00103. The Balaban J connectivity index is 0. The summed E-state index contributed by atoms with van der Waals surface area (Å²) < 4.78 is 0. The Bertz CT molecular complexity index is 8.00. The van der Waals surface area contributed by atoms with Crippen LogP contribution in [0.15, 0.2) is 0 Å². The van der Waals surface area contributed by atoms with Gasteiger partial charge in [0, 0.05) is 19.4 Å². The Morgan fingerprint density at radius 3 is 1.00 bits per heavy atom. The maximum Gasteiger partial charge on any atom is 0 e. The molecule has 1 nitrogen and oxygen atoms in total. The number of hydrogen-bond acceptors (Lipinski definition) is 0. The Morgan fingerprint density at radius 1 is 1.00 bits per heavy atom. The summed E-state index contributed by atoms with van der Waals surface area (Å²) in [5.41, 5.74) is 0. The molecule has 4 heavy (non-hydrogen) atoms. The molecule has 0 aliphatic rings. The molecule has 0 aliphatic heterocycles. The predicted octanol–water partition coefficient (Wildman–Crippen LogP) is -0.950. The molecular weight excluding hydrogens is 66.9 g/mol. The molecule has 0 aliphatic carbocycles. The minimum Gasteiger partial charge on any atom is -0.412 e. The third-order valence-corrected chi connectivity index (χ3v) is 0. The summed E-state index contributed by atoms with van der Waals surface area (Å²) in [7, 11) is 0. The van der Waals surface area contributed by atoms with E-state index >= 15 is 0 Å². The summed E-state index contributed by atoms with van der Waals surface area (Å²) in [6.45, 7) is 0. The van der Waals surface area contributed by atoms with Crippen LogP contribution >= 0.6 is 0 Å². The van der Waals surface area contributed by atoms with Gasteiger partial charge in [0.25, 0.3) is 0 Å². The SMILES string of the molecule is C.O.[B].[Si]. The van der Waals surface area contributed by atoms with Gasteiger partial charge in [0.05, 0.1) is 0 Å². The van der Waals surface area contributed by atoms with Crippen molar-refractivity contribution in [1.82, 2.24) is 0 Å². The van der Waals surface area contributed by atoms with E-state index in [4.69, 9.17) is 0 Å². The summed E-state index contributed by atoms with van der Waals surface area (Å²) >= 11 is 0. The smallest absolute Gasteiger partial charge is 0 e. The monoisotopic (exact) mass is 73.0 g/mol. The second-order valence-corrected chi connectivity index (χ2v) is 0. The zero-order chi connectivity index (χ0) is 0. The Kier molecular flexibility index (Phi) is 53100. The average molecular weight is 73.0 g/mol. The first kappa shape index (κ1) is 762. The van der Waals surface area contributed by atoms with Crippen LogP contribution in [0.25, 0.3) is 0 Å². The van der Waals surface area contributed by atoms with Gasteiger partial charge in [-0.3, -0.25) is 0 Å². The first-order chi connectivity index (χ1) is 0. The summed E-state index contributed by atoms with van der Waals surface area (Å²) in [6.07, 6.45) is 0. The lowest BCUT2D eigenvalue weighted by Gasteiger charge is -0.412. The summed E-state index contributed by atoms with van der Waals surface area (Å²) in [5, 5.41) is 0. The van der Waals surface area contributed by atoms with Crippen molar-refractivity contribution < 1.29 is 5.48 Å². The fourth-order valence-corrected chi connectivity index (χ4v) is 0. The minimum atomic E-state index is 0. The predicted molar refractivity (Wildman–Crippen MR) is 21.9 cm³/mol. The van der Waals surface area contributed by atoms with Crippen molar-refractivity contribution in [3.63, 3.8) is 0 Å². The second kappa shape index (κ2) is 279. The van der Waals surface area contributed by atoms with E-state index in [9.17, 15) is 0 Å². The zero-order valence-corrected chi connectivity index (χ0v) is 2.58. The van der Waals surface area contributed by atoms with E-state index in [1.165, 1.54) is 0 Å². The van der Waals surface area contributed by atoms with Gasteiger partial charge in [0.2, 0.25) is 0 Å². The van der Waals surface area contributed by atoms with Gasteiger partial charge in [-0.05, 0) is 0 Å². The molecule has 23 valence electrons. The van der Waals surface area contributed by atoms with E-state index in [-0.39, 0.29) is 32.3 Å². The molecule has 2 N–H and O–H groups in total. The average Bonchev–Trinajstić information content (AvgIpc) is 0. The van der Waals surface area contributed by atoms with Crippen LogP contribution in [0.2, 0.25) is 0 Å². The topological polar surface area (TPSA) is 31.5 Å². The highest BCUT2D eigenvalue weighted by molar-refractivity contribution is 5.76. The van der Waals surface area contributed by atoms with Crippen molar-refractivity contribution in [1.29, 1.82) is 0 Å². The second-order valence-electron chi connectivity index (χ2n) is 0. The zero-order valence-electron chi connectivity index (χ0n) is 1.58. The fraction of sp³-hybridized carbons (Fsp3) is 1.00. The van der Waals surface area contributed by atoms with E-state index < -0.39 is 0 Å². The third-order valence-electron chi connectivity index (χ3n) is 0. The van der Waals surface area contributed by atoms with Gasteiger partial charge in [-0.25, -0.2) is 0 Å². The van der Waals surface area contributed by atoms with Crippen molar-refractivity contribution in [2.45, 2.75) is 7.43 Å². The molecule has 0 aromatic carbocycles. The molecule has 0 bridgehead atoms. The molecule has 0 amide bonds. The first-order valence-corrected chi connectivity index (χ1v) is 0. The maximum absolute atomic E-state index is 0. The van der Waals surface area contributed by atoms with Crippen LogP contribution in [0, 0.1) is 0 Å². The van der Waals surface area contributed by atoms with Crippen LogP contribution in [0.4, 0.5) is 0 Å². The number of rotatable bonds is 0. The quantitative estimate of drug-likeness (QED) is 0.331. The Labute approximate surface area is 33.3 Å². The Morgan fingerprint density at radius 2 is 1.00 bits per heavy atom. The molecule has 0 saturated carbocycles. The fourth-order valence-electron chi connectivity index (χ4n) is 0. The van der Waals surface area contributed by atoms with Gasteiger partial charge in [0.15, 0.2) is 0 Å². The van der Waals surface area contributed by atoms with Crippen LogP contribution in [0.5, 0.6) is 0 Å². The molecular formula is CH6BOSi. The molecule has 0 unspecified atom stereocenters. The number of hydrogen-bond donors (Lipinski definition) is 0. The summed E-state index contributed by atoms with van der Waals surface area (Å²) in [4.78, 5) is 0. The molecule has 7 radical (unpaired) electrons. The van der Waals surface area contributed by atoms with Crippen molar-refractivity contribution >= 4 is 19.4 Å². The van der Waals surface area contributed by atoms with E-state index in [1.807, 2.05) is 0 Å². The molecule has 0 fully saturated rings. The molecule has 0 saturated heterocycles. The van der Waals surface area contributed by atoms with Crippen molar-refractivity contribution in [2.24, 2.45) is 0 Å². The largest absolute Gasteiger partial charge is 0.412 e. The standard InChI is InChI=1S/CH4.B.H2O.Si/h1H4;;1H2;. The van der Waals surface area contributed by atoms with E-state index in [1.54, 1.807) is 0 Å².